The van der Waals surface area contributed by atoms with E-state index in [1.807, 2.05) is 32.9 Å². The molecule has 0 aromatic heterocycles. The summed E-state index contributed by atoms with van der Waals surface area (Å²) in [5.41, 5.74) is 1.93. The Bertz CT molecular complexity index is 321. The Hall–Kier alpha value is -0.540. The number of ether oxygens (including phenoxy) is 1. The van der Waals surface area contributed by atoms with Crippen molar-refractivity contribution in [2.45, 2.75) is 33.5 Å². The van der Waals surface area contributed by atoms with Gasteiger partial charge in [-0.3, -0.25) is 0 Å². The van der Waals surface area contributed by atoms with Crippen molar-refractivity contribution in [1.82, 2.24) is 0 Å². The number of aliphatic hydroxyl groups excluding tert-OH is 1. The van der Waals surface area contributed by atoms with Crippen LogP contribution in [0.5, 0.6) is 5.75 Å². The standard InChI is InChI=1S/C11H15BrO2/c1-7(2)14-11-5-8(3)4-10(12)9(11)6-13/h4-5,7,13H,6H2,1-3H3. The van der Waals surface area contributed by atoms with Crippen LogP contribution in [0.15, 0.2) is 16.6 Å². The van der Waals surface area contributed by atoms with Gasteiger partial charge in [0.05, 0.1) is 12.7 Å². The minimum atomic E-state index is -0.0110. The van der Waals surface area contributed by atoms with Crippen molar-refractivity contribution in [3.63, 3.8) is 0 Å². The SMILES string of the molecule is Cc1cc(Br)c(CO)c(OC(C)C)c1. The van der Waals surface area contributed by atoms with E-state index < -0.39 is 0 Å². The zero-order chi connectivity index (χ0) is 10.7. The maximum absolute atomic E-state index is 9.19. The van der Waals surface area contributed by atoms with Gasteiger partial charge in [0.25, 0.3) is 0 Å². The molecule has 0 bridgehead atoms. The molecule has 3 heteroatoms. The number of aryl methyl sites for hydroxylation is 1. The van der Waals surface area contributed by atoms with E-state index in [9.17, 15) is 5.11 Å². The van der Waals surface area contributed by atoms with Gasteiger partial charge in [-0.15, -0.1) is 0 Å². The fourth-order valence-electron chi connectivity index (χ4n) is 1.25. The molecule has 0 heterocycles. The van der Waals surface area contributed by atoms with Crippen molar-refractivity contribution in [1.29, 1.82) is 0 Å². The van der Waals surface area contributed by atoms with Gasteiger partial charge in [0.15, 0.2) is 0 Å². The highest BCUT2D eigenvalue weighted by Crippen LogP contribution is 2.29. The van der Waals surface area contributed by atoms with Crippen molar-refractivity contribution >= 4 is 15.9 Å². The Labute approximate surface area is 93.0 Å². The summed E-state index contributed by atoms with van der Waals surface area (Å²) in [5, 5.41) is 9.19. The fourth-order valence-corrected chi connectivity index (χ4v) is 1.93. The molecule has 2 nitrogen and oxygen atoms in total. The summed E-state index contributed by atoms with van der Waals surface area (Å²) < 4.78 is 6.51. The molecule has 0 unspecified atom stereocenters. The number of aliphatic hydroxyl groups is 1. The highest BCUT2D eigenvalue weighted by atomic mass is 79.9. The van der Waals surface area contributed by atoms with Gasteiger partial charge >= 0.3 is 0 Å². The molecule has 0 fully saturated rings. The van der Waals surface area contributed by atoms with Crippen molar-refractivity contribution in [2.24, 2.45) is 0 Å². The van der Waals surface area contributed by atoms with E-state index in [2.05, 4.69) is 15.9 Å². The quantitative estimate of drug-likeness (QED) is 0.904. The predicted octanol–water partition coefficient (Wildman–Crippen LogP) is 3.04. The van der Waals surface area contributed by atoms with Crippen LogP contribution in [0, 0.1) is 6.92 Å². The van der Waals surface area contributed by atoms with E-state index in [-0.39, 0.29) is 12.7 Å². The topological polar surface area (TPSA) is 29.5 Å². The fraction of sp³-hybridized carbons (Fsp3) is 0.455. The van der Waals surface area contributed by atoms with Crippen LogP contribution in [0.4, 0.5) is 0 Å². The summed E-state index contributed by atoms with van der Waals surface area (Å²) >= 11 is 3.41. The highest BCUT2D eigenvalue weighted by Gasteiger charge is 2.09. The molecular formula is C11H15BrO2. The minimum absolute atomic E-state index is 0.0110. The molecule has 0 aliphatic heterocycles. The Balaban J connectivity index is 3.11. The number of hydrogen-bond acceptors (Lipinski definition) is 2. The first-order valence-electron chi connectivity index (χ1n) is 4.61. The second-order valence-electron chi connectivity index (χ2n) is 3.55. The number of rotatable bonds is 3. The molecule has 0 amide bonds. The average molecular weight is 259 g/mol. The summed E-state index contributed by atoms with van der Waals surface area (Å²) in [6, 6.07) is 3.91. The molecule has 0 saturated heterocycles. The molecule has 1 aromatic carbocycles. The largest absolute Gasteiger partial charge is 0.491 e. The van der Waals surface area contributed by atoms with Crippen molar-refractivity contribution in [3.8, 4) is 5.75 Å². The van der Waals surface area contributed by atoms with Crippen LogP contribution in [0.25, 0.3) is 0 Å². The molecule has 14 heavy (non-hydrogen) atoms. The Kier molecular flexibility index (Phi) is 3.96. The van der Waals surface area contributed by atoms with Crippen molar-refractivity contribution < 1.29 is 9.84 Å². The minimum Gasteiger partial charge on any atom is -0.491 e. The van der Waals surface area contributed by atoms with Crippen LogP contribution in [0.2, 0.25) is 0 Å². The van der Waals surface area contributed by atoms with Crippen LogP contribution in [-0.2, 0) is 6.61 Å². The second-order valence-corrected chi connectivity index (χ2v) is 4.40. The molecule has 0 atom stereocenters. The van der Waals surface area contributed by atoms with E-state index in [1.165, 1.54) is 0 Å². The predicted molar refractivity (Wildman–Crippen MR) is 60.6 cm³/mol. The first-order chi connectivity index (χ1) is 6.54. The lowest BCUT2D eigenvalue weighted by Crippen LogP contribution is -2.08. The van der Waals surface area contributed by atoms with Crippen LogP contribution in [-0.4, -0.2) is 11.2 Å². The van der Waals surface area contributed by atoms with Crippen molar-refractivity contribution in [3.05, 3.63) is 27.7 Å². The normalized spacial score (nSPS) is 10.7. The van der Waals surface area contributed by atoms with E-state index in [1.54, 1.807) is 0 Å². The molecule has 78 valence electrons. The van der Waals surface area contributed by atoms with Crippen LogP contribution in [0.3, 0.4) is 0 Å². The third-order valence-corrected chi connectivity index (χ3v) is 2.53. The summed E-state index contributed by atoms with van der Waals surface area (Å²) in [5.74, 6) is 0.759. The molecule has 1 aromatic rings. The number of halogens is 1. The lowest BCUT2D eigenvalue weighted by Gasteiger charge is -2.15. The van der Waals surface area contributed by atoms with Crippen LogP contribution < -0.4 is 4.74 Å². The summed E-state index contributed by atoms with van der Waals surface area (Å²) in [4.78, 5) is 0. The second kappa shape index (κ2) is 4.80. The van der Waals surface area contributed by atoms with E-state index >= 15 is 0 Å². The Morgan fingerprint density at radius 3 is 2.57 bits per heavy atom. The molecule has 0 aliphatic carbocycles. The monoisotopic (exact) mass is 258 g/mol. The summed E-state index contributed by atoms with van der Waals surface area (Å²) in [7, 11) is 0. The van der Waals surface area contributed by atoms with Gasteiger partial charge in [-0.2, -0.15) is 0 Å². The first-order valence-corrected chi connectivity index (χ1v) is 5.40. The molecule has 1 N–H and O–H groups in total. The molecule has 0 radical (unpaired) electrons. The maximum atomic E-state index is 9.19. The van der Waals surface area contributed by atoms with E-state index in [0.29, 0.717) is 0 Å². The third kappa shape index (κ3) is 2.72. The molecular weight excluding hydrogens is 244 g/mol. The van der Waals surface area contributed by atoms with Gasteiger partial charge < -0.3 is 9.84 Å². The number of hydrogen-bond donors (Lipinski definition) is 1. The smallest absolute Gasteiger partial charge is 0.126 e. The van der Waals surface area contributed by atoms with Crippen LogP contribution in [0.1, 0.15) is 25.0 Å². The molecule has 0 saturated carbocycles. The molecule has 0 aliphatic rings. The zero-order valence-electron chi connectivity index (χ0n) is 8.67. The van der Waals surface area contributed by atoms with Gasteiger partial charge in [0, 0.05) is 10.0 Å². The van der Waals surface area contributed by atoms with E-state index in [4.69, 9.17) is 4.74 Å². The van der Waals surface area contributed by atoms with E-state index in [0.717, 1.165) is 21.3 Å². The maximum Gasteiger partial charge on any atom is 0.126 e. The average Bonchev–Trinajstić information content (AvgIpc) is 2.01. The number of benzene rings is 1. The van der Waals surface area contributed by atoms with Gasteiger partial charge in [-0.05, 0) is 38.5 Å². The van der Waals surface area contributed by atoms with Crippen molar-refractivity contribution in [2.75, 3.05) is 0 Å². The van der Waals surface area contributed by atoms with Gasteiger partial charge in [-0.25, -0.2) is 0 Å². The van der Waals surface area contributed by atoms with Gasteiger partial charge in [0.2, 0.25) is 0 Å². The lowest BCUT2D eigenvalue weighted by atomic mass is 10.1. The molecule has 1 rings (SSSR count). The Morgan fingerprint density at radius 2 is 2.07 bits per heavy atom. The highest BCUT2D eigenvalue weighted by molar-refractivity contribution is 9.10. The summed E-state index contributed by atoms with van der Waals surface area (Å²) in [6.45, 7) is 5.93. The lowest BCUT2D eigenvalue weighted by molar-refractivity contribution is 0.225. The van der Waals surface area contributed by atoms with Crippen LogP contribution >= 0.6 is 15.9 Å². The summed E-state index contributed by atoms with van der Waals surface area (Å²) in [6.07, 6.45) is 0.119. The van der Waals surface area contributed by atoms with Gasteiger partial charge in [0.1, 0.15) is 5.75 Å². The third-order valence-electron chi connectivity index (χ3n) is 1.82. The molecule has 0 spiro atoms. The zero-order valence-corrected chi connectivity index (χ0v) is 10.3. The Morgan fingerprint density at radius 1 is 1.43 bits per heavy atom. The first kappa shape index (κ1) is 11.5. The van der Waals surface area contributed by atoms with Gasteiger partial charge in [-0.1, -0.05) is 15.9 Å².